The van der Waals surface area contributed by atoms with Crippen molar-refractivity contribution in [2.45, 2.75) is 6.92 Å². The molecule has 1 aromatic heterocycles. The molecule has 0 spiro atoms. The molecule has 104 valence electrons. The van der Waals surface area contributed by atoms with Gasteiger partial charge in [0, 0.05) is 18.3 Å². The van der Waals surface area contributed by atoms with Crippen molar-refractivity contribution in [1.82, 2.24) is 15.6 Å². The van der Waals surface area contributed by atoms with Gasteiger partial charge in [-0.2, -0.15) is 0 Å². The van der Waals surface area contributed by atoms with Gasteiger partial charge in [-0.1, -0.05) is 6.07 Å². The number of amides is 2. The van der Waals surface area contributed by atoms with E-state index in [1.807, 2.05) is 0 Å². The van der Waals surface area contributed by atoms with Crippen molar-refractivity contribution < 1.29 is 14.2 Å². The number of carbonyl (C=O) groups is 2. The Balaban J connectivity index is 2.29. The highest BCUT2D eigenvalue weighted by Gasteiger charge is 2.18. The normalized spacial score (nSPS) is 10.1. The van der Waals surface area contributed by atoms with Crippen LogP contribution in [-0.2, 0) is 0 Å². The quantitative estimate of drug-likeness (QED) is 0.752. The molecule has 8 nitrogen and oxygen atoms in total. The van der Waals surface area contributed by atoms with E-state index in [2.05, 4.69) is 25.6 Å². The molecule has 0 bridgehead atoms. The molecule has 1 aromatic carbocycles. The van der Waals surface area contributed by atoms with Crippen molar-refractivity contribution in [3.63, 3.8) is 0 Å². The van der Waals surface area contributed by atoms with E-state index < -0.39 is 5.91 Å². The van der Waals surface area contributed by atoms with Gasteiger partial charge in [0.1, 0.15) is 0 Å². The molecule has 0 atom stereocenters. The summed E-state index contributed by atoms with van der Waals surface area (Å²) < 4.78 is 4.36. The first-order valence-electron chi connectivity index (χ1n) is 5.75. The van der Waals surface area contributed by atoms with Gasteiger partial charge in [-0.15, -0.1) is 0 Å². The highest BCUT2D eigenvalue weighted by atomic mass is 16.6. The fourth-order valence-electron chi connectivity index (χ4n) is 1.69. The molecule has 20 heavy (non-hydrogen) atoms. The van der Waals surface area contributed by atoms with Crippen molar-refractivity contribution in [3.05, 3.63) is 35.0 Å². The highest BCUT2D eigenvalue weighted by Crippen LogP contribution is 2.20. The molecule has 2 aromatic rings. The minimum absolute atomic E-state index is 0.0948. The number of benzene rings is 1. The average Bonchev–Trinajstić information content (AvgIpc) is 2.86. The molecule has 0 saturated carbocycles. The zero-order valence-corrected chi connectivity index (χ0v) is 10.9. The lowest BCUT2D eigenvalue weighted by Gasteiger charge is -2.10. The second-order valence-electron chi connectivity index (χ2n) is 4.01. The summed E-state index contributed by atoms with van der Waals surface area (Å²) in [4.78, 5) is 23.6. The van der Waals surface area contributed by atoms with Gasteiger partial charge in [0.2, 0.25) is 11.5 Å². The number of hydrogen-bond acceptors (Lipinski definition) is 6. The van der Waals surface area contributed by atoms with Crippen molar-refractivity contribution in [1.29, 1.82) is 0 Å². The van der Waals surface area contributed by atoms with Crippen LogP contribution < -0.4 is 16.4 Å². The van der Waals surface area contributed by atoms with Crippen molar-refractivity contribution in [2.75, 3.05) is 18.1 Å². The Bertz CT molecular complexity index is 665. The van der Waals surface area contributed by atoms with Crippen molar-refractivity contribution in [3.8, 4) is 0 Å². The Hall–Kier alpha value is -2.90. The van der Waals surface area contributed by atoms with Crippen molar-refractivity contribution >= 4 is 23.3 Å². The summed E-state index contributed by atoms with van der Waals surface area (Å²) in [6.07, 6.45) is 0. The first kappa shape index (κ1) is 13.5. The second-order valence-corrected chi connectivity index (χ2v) is 4.01. The van der Waals surface area contributed by atoms with Gasteiger partial charge >= 0.3 is 0 Å². The van der Waals surface area contributed by atoms with Gasteiger partial charge in [-0.05, 0) is 34.9 Å². The molecule has 0 aliphatic heterocycles. The summed E-state index contributed by atoms with van der Waals surface area (Å²) in [5, 5.41) is 11.9. The van der Waals surface area contributed by atoms with Crippen LogP contribution in [0.4, 0.5) is 11.5 Å². The zero-order chi connectivity index (χ0) is 14.7. The van der Waals surface area contributed by atoms with Gasteiger partial charge in [0.25, 0.3) is 11.8 Å². The van der Waals surface area contributed by atoms with Crippen LogP contribution in [0.3, 0.4) is 0 Å². The van der Waals surface area contributed by atoms with E-state index >= 15 is 0 Å². The predicted octanol–water partition coefficient (Wildman–Crippen LogP) is 0.572. The SMILES string of the molecule is CNC(=O)c1cccc(NC(=O)c2nonc2N)c1C. The first-order valence-corrected chi connectivity index (χ1v) is 5.75. The maximum absolute atomic E-state index is 11.9. The van der Waals surface area contributed by atoms with Crippen LogP contribution in [0.15, 0.2) is 22.8 Å². The van der Waals surface area contributed by atoms with Gasteiger partial charge in [0.05, 0.1) is 0 Å². The minimum Gasteiger partial charge on any atom is -0.379 e. The van der Waals surface area contributed by atoms with Gasteiger partial charge < -0.3 is 16.4 Å². The maximum Gasteiger partial charge on any atom is 0.281 e. The minimum atomic E-state index is -0.555. The van der Waals surface area contributed by atoms with Gasteiger partial charge in [0.15, 0.2) is 0 Å². The van der Waals surface area contributed by atoms with E-state index in [-0.39, 0.29) is 17.4 Å². The Labute approximate surface area is 114 Å². The van der Waals surface area contributed by atoms with Crippen LogP contribution in [0.1, 0.15) is 26.4 Å². The molecular weight excluding hydrogens is 262 g/mol. The summed E-state index contributed by atoms with van der Waals surface area (Å²) in [6.45, 7) is 1.73. The van der Waals surface area contributed by atoms with Crippen LogP contribution in [0.5, 0.6) is 0 Å². The van der Waals surface area contributed by atoms with Crippen LogP contribution >= 0.6 is 0 Å². The number of nitrogen functional groups attached to an aromatic ring is 1. The van der Waals surface area contributed by atoms with Crippen LogP contribution in [0.2, 0.25) is 0 Å². The standard InChI is InChI=1S/C12H13N5O3/c1-6-7(11(18)14-2)4-3-5-8(6)15-12(19)9-10(13)17-20-16-9/h3-5H,1-2H3,(H2,13,17)(H,14,18)(H,15,19). The first-order chi connectivity index (χ1) is 9.54. The molecule has 0 aliphatic rings. The lowest BCUT2D eigenvalue weighted by Crippen LogP contribution is -2.20. The molecule has 0 saturated heterocycles. The number of nitrogens with zero attached hydrogens (tertiary/aromatic N) is 2. The molecule has 1 heterocycles. The maximum atomic E-state index is 11.9. The van der Waals surface area contributed by atoms with E-state index in [1.54, 1.807) is 25.1 Å². The van der Waals surface area contributed by atoms with Crippen molar-refractivity contribution in [2.24, 2.45) is 0 Å². The molecule has 0 radical (unpaired) electrons. The van der Waals surface area contributed by atoms with E-state index in [0.29, 0.717) is 16.8 Å². The number of rotatable bonds is 3. The average molecular weight is 275 g/mol. The van der Waals surface area contributed by atoms with Gasteiger partial charge in [-0.25, -0.2) is 4.63 Å². The highest BCUT2D eigenvalue weighted by molar-refractivity contribution is 6.07. The largest absolute Gasteiger partial charge is 0.379 e. The summed E-state index contributed by atoms with van der Waals surface area (Å²) in [5.41, 5.74) is 6.93. The summed E-state index contributed by atoms with van der Waals surface area (Å²) in [7, 11) is 1.54. The van der Waals surface area contributed by atoms with Crippen LogP contribution in [-0.4, -0.2) is 29.2 Å². The molecule has 8 heteroatoms. The summed E-state index contributed by atoms with van der Waals surface area (Å²) in [5.74, 6) is -0.885. The number of anilines is 2. The Morgan fingerprint density at radius 3 is 2.60 bits per heavy atom. The molecule has 0 fully saturated rings. The topological polar surface area (TPSA) is 123 Å². The number of hydrogen-bond donors (Lipinski definition) is 3. The van der Waals surface area contributed by atoms with E-state index in [0.717, 1.165) is 0 Å². The Kier molecular flexibility index (Phi) is 3.65. The lowest BCUT2D eigenvalue weighted by atomic mass is 10.1. The molecular formula is C12H13N5O3. The lowest BCUT2D eigenvalue weighted by molar-refractivity contribution is 0.0960. The number of nitrogens with two attached hydrogens (primary N) is 1. The number of aromatic nitrogens is 2. The van der Waals surface area contributed by atoms with Crippen LogP contribution in [0, 0.1) is 6.92 Å². The van der Waals surface area contributed by atoms with E-state index in [1.165, 1.54) is 7.05 Å². The third kappa shape index (κ3) is 2.44. The van der Waals surface area contributed by atoms with Gasteiger partial charge in [-0.3, -0.25) is 9.59 Å². The number of nitrogens with one attached hydrogen (secondary N) is 2. The van der Waals surface area contributed by atoms with E-state index in [4.69, 9.17) is 5.73 Å². The molecule has 2 rings (SSSR count). The fourth-order valence-corrected chi connectivity index (χ4v) is 1.69. The molecule has 0 aliphatic carbocycles. The Morgan fingerprint density at radius 2 is 2.00 bits per heavy atom. The van der Waals surface area contributed by atoms with Crippen LogP contribution in [0.25, 0.3) is 0 Å². The monoisotopic (exact) mass is 275 g/mol. The third-order valence-electron chi connectivity index (χ3n) is 2.78. The fraction of sp³-hybridized carbons (Fsp3) is 0.167. The molecule has 2 amide bonds. The third-order valence-corrected chi connectivity index (χ3v) is 2.78. The molecule has 0 unspecified atom stereocenters. The molecule has 4 N–H and O–H groups in total. The smallest absolute Gasteiger partial charge is 0.281 e. The summed E-state index contributed by atoms with van der Waals surface area (Å²) in [6, 6.07) is 5.00. The summed E-state index contributed by atoms with van der Waals surface area (Å²) >= 11 is 0. The zero-order valence-electron chi connectivity index (χ0n) is 10.9. The predicted molar refractivity (Wildman–Crippen MR) is 71.2 cm³/mol. The number of carbonyl (C=O) groups excluding carboxylic acids is 2. The Morgan fingerprint density at radius 1 is 1.25 bits per heavy atom. The van der Waals surface area contributed by atoms with E-state index in [9.17, 15) is 9.59 Å². The second kappa shape index (κ2) is 5.39.